The van der Waals surface area contributed by atoms with E-state index in [-0.39, 0.29) is 22.5 Å². The van der Waals surface area contributed by atoms with E-state index >= 15 is 8.78 Å². The van der Waals surface area contributed by atoms with E-state index in [9.17, 15) is 0 Å². The first kappa shape index (κ1) is 26.6. The number of pyridine rings is 1. The smallest absolute Gasteiger partial charge is 0.219 e. The fourth-order valence-corrected chi connectivity index (χ4v) is 6.87. The molecular formula is C38H34F2NO+. The van der Waals surface area contributed by atoms with Gasteiger partial charge in [0.2, 0.25) is 5.69 Å². The SMILES string of the molecule is Cc1ccc2c(oc3c(-c4ccc5c(c4)-c4ccccc4C5(C)C)c(F)ccc32)c1-c1cc(F)c(C(C)(C)C)c[n+]1C. The van der Waals surface area contributed by atoms with Gasteiger partial charge in [-0.05, 0) is 63.9 Å². The molecule has 0 saturated carbocycles. The topological polar surface area (TPSA) is 17.0 Å². The summed E-state index contributed by atoms with van der Waals surface area (Å²) in [5, 5.41) is 1.71. The summed E-state index contributed by atoms with van der Waals surface area (Å²) < 4.78 is 39.8. The van der Waals surface area contributed by atoms with Crippen molar-refractivity contribution in [3.63, 3.8) is 0 Å². The average Bonchev–Trinajstić information content (AvgIpc) is 3.41. The van der Waals surface area contributed by atoms with Gasteiger partial charge in [0.05, 0.1) is 16.7 Å². The van der Waals surface area contributed by atoms with Crippen molar-refractivity contribution in [2.45, 2.75) is 52.4 Å². The number of aromatic nitrogens is 1. The van der Waals surface area contributed by atoms with Crippen LogP contribution in [-0.2, 0) is 17.9 Å². The second-order valence-corrected chi connectivity index (χ2v) is 13.2. The van der Waals surface area contributed by atoms with Crippen LogP contribution < -0.4 is 4.57 Å². The van der Waals surface area contributed by atoms with Crippen molar-refractivity contribution in [2.75, 3.05) is 0 Å². The number of benzene rings is 4. The Morgan fingerprint density at radius 2 is 1.40 bits per heavy atom. The van der Waals surface area contributed by atoms with E-state index in [1.807, 2.05) is 63.7 Å². The molecule has 0 spiro atoms. The highest BCUT2D eigenvalue weighted by atomic mass is 19.1. The van der Waals surface area contributed by atoms with Crippen molar-refractivity contribution < 1.29 is 17.8 Å². The molecule has 2 heterocycles. The summed E-state index contributed by atoms with van der Waals surface area (Å²) in [7, 11) is 1.93. The second-order valence-electron chi connectivity index (χ2n) is 13.2. The molecule has 0 fully saturated rings. The van der Waals surface area contributed by atoms with E-state index in [0.29, 0.717) is 28.0 Å². The maximum atomic E-state index is 15.8. The Labute approximate surface area is 245 Å². The average molecular weight is 559 g/mol. The van der Waals surface area contributed by atoms with Crippen LogP contribution in [0.25, 0.3) is 55.4 Å². The molecule has 0 radical (unpaired) electrons. The Hall–Kier alpha value is -4.31. The van der Waals surface area contributed by atoms with Gasteiger partial charge in [-0.25, -0.2) is 13.3 Å². The molecule has 0 amide bonds. The highest BCUT2D eigenvalue weighted by Crippen LogP contribution is 2.50. The maximum Gasteiger partial charge on any atom is 0.219 e. The molecular weight excluding hydrogens is 524 g/mol. The van der Waals surface area contributed by atoms with Gasteiger partial charge in [0, 0.05) is 22.3 Å². The summed E-state index contributed by atoms with van der Waals surface area (Å²) in [6.45, 7) is 12.5. The molecule has 1 aliphatic carbocycles. The lowest BCUT2D eigenvalue weighted by molar-refractivity contribution is -0.661. The Bertz CT molecular complexity index is 2090. The molecule has 210 valence electrons. The van der Waals surface area contributed by atoms with Crippen molar-refractivity contribution in [1.29, 1.82) is 0 Å². The molecule has 2 aromatic heterocycles. The van der Waals surface area contributed by atoms with Crippen LogP contribution in [0.3, 0.4) is 0 Å². The van der Waals surface area contributed by atoms with E-state index in [4.69, 9.17) is 4.42 Å². The van der Waals surface area contributed by atoms with E-state index in [1.54, 1.807) is 12.1 Å². The number of aryl methyl sites for hydroxylation is 2. The lowest BCUT2D eigenvalue weighted by Gasteiger charge is -2.21. The van der Waals surface area contributed by atoms with Gasteiger partial charge in [-0.2, -0.15) is 0 Å². The quantitative estimate of drug-likeness (QED) is 0.193. The van der Waals surface area contributed by atoms with Crippen molar-refractivity contribution in [3.8, 4) is 33.5 Å². The molecule has 0 aliphatic heterocycles. The van der Waals surface area contributed by atoms with Gasteiger partial charge in [-0.15, -0.1) is 0 Å². The summed E-state index contributed by atoms with van der Waals surface area (Å²) in [6.07, 6.45) is 1.86. The molecule has 42 heavy (non-hydrogen) atoms. The summed E-state index contributed by atoms with van der Waals surface area (Å²) in [6, 6.07) is 23.6. The minimum Gasteiger partial charge on any atom is -0.454 e. The molecule has 7 rings (SSSR count). The van der Waals surface area contributed by atoms with Crippen LogP contribution in [0.5, 0.6) is 0 Å². The lowest BCUT2D eigenvalue weighted by atomic mass is 9.82. The zero-order chi connectivity index (χ0) is 29.7. The zero-order valence-electron chi connectivity index (χ0n) is 25.1. The van der Waals surface area contributed by atoms with Gasteiger partial charge in [0.15, 0.2) is 6.20 Å². The van der Waals surface area contributed by atoms with Gasteiger partial charge in [-0.3, -0.25) is 0 Å². The van der Waals surface area contributed by atoms with E-state index < -0.39 is 0 Å². The Kier molecular flexibility index (Phi) is 5.60. The normalized spacial score (nSPS) is 14.0. The number of furan rings is 1. The van der Waals surface area contributed by atoms with E-state index in [2.05, 4.69) is 50.2 Å². The first-order valence-corrected chi connectivity index (χ1v) is 14.5. The minimum absolute atomic E-state index is 0.131. The Balaban J connectivity index is 1.48. The zero-order valence-corrected chi connectivity index (χ0v) is 25.1. The third kappa shape index (κ3) is 3.70. The van der Waals surface area contributed by atoms with Crippen LogP contribution in [0.15, 0.2) is 83.4 Å². The van der Waals surface area contributed by atoms with Crippen LogP contribution in [0.4, 0.5) is 8.78 Å². The van der Waals surface area contributed by atoms with Crippen molar-refractivity contribution in [1.82, 2.24) is 0 Å². The molecule has 6 aromatic rings. The molecule has 0 bridgehead atoms. The largest absolute Gasteiger partial charge is 0.454 e. The molecule has 0 N–H and O–H groups in total. The molecule has 2 nitrogen and oxygen atoms in total. The standard InChI is InChI=1S/C38H34F2NO/c1-21-12-14-24-25-15-17-30(39)34(22-13-16-28-26(18-22)23-10-8-9-11-27(23)38(28,5)6)36(25)42-35(24)33(21)32-19-31(40)29(20-41(32)7)37(2,3)4/h8-20H,1-7H3/q+1. The first-order chi connectivity index (χ1) is 19.9. The molecule has 1 aliphatic rings. The number of rotatable bonds is 2. The third-order valence-electron chi connectivity index (χ3n) is 9.13. The third-order valence-corrected chi connectivity index (χ3v) is 9.13. The van der Waals surface area contributed by atoms with Crippen LogP contribution in [0.2, 0.25) is 0 Å². The number of fused-ring (bicyclic) bond motifs is 6. The highest BCUT2D eigenvalue weighted by molar-refractivity contribution is 6.13. The summed E-state index contributed by atoms with van der Waals surface area (Å²) in [5.41, 5.74) is 9.81. The van der Waals surface area contributed by atoms with Gasteiger partial charge in [-0.1, -0.05) is 83.1 Å². The number of halogens is 2. The lowest BCUT2D eigenvalue weighted by Crippen LogP contribution is -2.34. The van der Waals surface area contributed by atoms with Crippen LogP contribution in [0, 0.1) is 18.6 Å². The van der Waals surface area contributed by atoms with Crippen molar-refractivity contribution in [3.05, 3.63) is 113 Å². The summed E-state index contributed by atoms with van der Waals surface area (Å²) in [4.78, 5) is 0. The minimum atomic E-state index is -0.337. The number of hydrogen-bond donors (Lipinski definition) is 0. The second kappa shape index (κ2) is 8.84. The predicted molar refractivity (Wildman–Crippen MR) is 167 cm³/mol. The van der Waals surface area contributed by atoms with Gasteiger partial charge >= 0.3 is 0 Å². The molecule has 4 heteroatoms. The Morgan fingerprint density at radius 1 is 0.738 bits per heavy atom. The number of hydrogen-bond acceptors (Lipinski definition) is 1. The van der Waals surface area contributed by atoms with Gasteiger partial charge in [0.1, 0.15) is 29.8 Å². The fraction of sp³-hybridized carbons (Fsp3) is 0.237. The van der Waals surface area contributed by atoms with E-state index in [0.717, 1.165) is 33.0 Å². The maximum absolute atomic E-state index is 15.8. The summed E-state index contributed by atoms with van der Waals surface area (Å²) in [5.74, 6) is -0.590. The van der Waals surface area contributed by atoms with Crippen LogP contribution in [0.1, 0.15) is 56.9 Å². The molecule has 0 saturated heterocycles. The molecule has 4 aromatic carbocycles. The Morgan fingerprint density at radius 3 is 2.14 bits per heavy atom. The van der Waals surface area contributed by atoms with Crippen LogP contribution >= 0.6 is 0 Å². The summed E-state index contributed by atoms with van der Waals surface area (Å²) >= 11 is 0. The molecule has 0 atom stereocenters. The predicted octanol–water partition coefficient (Wildman–Crippen LogP) is 9.93. The highest BCUT2D eigenvalue weighted by Gasteiger charge is 2.35. The molecule has 0 unspecified atom stereocenters. The number of nitrogens with zero attached hydrogens (tertiary/aromatic N) is 1. The van der Waals surface area contributed by atoms with Crippen molar-refractivity contribution >= 4 is 21.9 Å². The van der Waals surface area contributed by atoms with Crippen LogP contribution in [-0.4, -0.2) is 0 Å². The van der Waals surface area contributed by atoms with Gasteiger partial charge in [0.25, 0.3) is 0 Å². The monoisotopic (exact) mass is 558 g/mol. The van der Waals surface area contributed by atoms with Crippen molar-refractivity contribution in [2.24, 2.45) is 7.05 Å². The van der Waals surface area contributed by atoms with Gasteiger partial charge < -0.3 is 4.42 Å². The van der Waals surface area contributed by atoms with E-state index in [1.165, 1.54) is 22.8 Å². The fourth-order valence-electron chi connectivity index (χ4n) is 6.87. The first-order valence-electron chi connectivity index (χ1n) is 14.5.